The average Bonchev–Trinajstić information content (AvgIpc) is 1.99. The third kappa shape index (κ3) is 8.47. The van der Waals surface area contributed by atoms with Gasteiger partial charge in [-0.2, -0.15) is 0 Å². The van der Waals surface area contributed by atoms with Crippen molar-refractivity contribution in [3.8, 4) is 12.3 Å². The summed E-state index contributed by atoms with van der Waals surface area (Å²) in [5, 5.41) is 3.53. The molecule has 0 aromatic rings. The molecule has 0 aliphatic rings. The first kappa shape index (κ1) is 14.5. The summed E-state index contributed by atoms with van der Waals surface area (Å²) < 4.78 is 0. The van der Waals surface area contributed by atoms with Crippen molar-refractivity contribution in [2.24, 2.45) is 5.41 Å². The van der Waals surface area contributed by atoms with Crippen LogP contribution >= 0.6 is 0 Å². The van der Waals surface area contributed by atoms with Crippen LogP contribution in [-0.2, 0) is 0 Å². The molecule has 88 valence electrons. The molecule has 15 heavy (non-hydrogen) atoms. The maximum absolute atomic E-state index is 5.28. The van der Waals surface area contributed by atoms with Crippen molar-refractivity contribution in [2.75, 3.05) is 26.7 Å². The summed E-state index contributed by atoms with van der Waals surface area (Å²) >= 11 is 0. The van der Waals surface area contributed by atoms with Gasteiger partial charge in [0, 0.05) is 18.6 Å². The fraction of sp³-hybridized carbons (Fsp3) is 0.846. The highest BCUT2D eigenvalue weighted by molar-refractivity contribution is 4.89. The number of hydrogen-bond acceptors (Lipinski definition) is 2. The maximum atomic E-state index is 5.28. The van der Waals surface area contributed by atoms with Gasteiger partial charge < -0.3 is 5.32 Å². The Kier molecular flexibility index (Phi) is 5.34. The molecule has 0 aromatic heterocycles. The number of nitrogens with one attached hydrogen (secondary N) is 1. The minimum absolute atomic E-state index is 0.182. The van der Waals surface area contributed by atoms with Gasteiger partial charge in [0.05, 0.1) is 6.54 Å². The largest absolute Gasteiger partial charge is 0.311 e. The van der Waals surface area contributed by atoms with E-state index in [1.54, 1.807) is 0 Å². The first-order valence-corrected chi connectivity index (χ1v) is 5.53. The third-order valence-electron chi connectivity index (χ3n) is 2.16. The average molecular weight is 210 g/mol. The topological polar surface area (TPSA) is 15.3 Å². The Hall–Kier alpha value is -0.520. The van der Waals surface area contributed by atoms with E-state index in [1.165, 1.54) is 0 Å². The molecular formula is C13H26N2. The molecule has 0 saturated carbocycles. The van der Waals surface area contributed by atoms with Crippen LogP contribution in [-0.4, -0.2) is 37.1 Å². The Morgan fingerprint density at radius 1 is 1.20 bits per heavy atom. The van der Waals surface area contributed by atoms with Crippen LogP contribution in [0.1, 0.15) is 34.6 Å². The zero-order valence-corrected chi connectivity index (χ0v) is 11.1. The monoisotopic (exact) mass is 210 g/mol. The van der Waals surface area contributed by atoms with E-state index in [0.717, 1.165) is 19.6 Å². The van der Waals surface area contributed by atoms with Crippen LogP contribution in [0.4, 0.5) is 0 Å². The molecule has 2 heteroatoms. The maximum Gasteiger partial charge on any atom is 0.0596 e. The van der Waals surface area contributed by atoms with E-state index in [-0.39, 0.29) is 11.0 Å². The lowest BCUT2D eigenvalue weighted by molar-refractivity contribution is 0.204. The Bertz CT molecular complexity index is 218. The van der Waals surface area contributed by atoms with Gasteiger partial charge in [-0.25, -0.2) is 0 Å². The Balaban J connectivity index is 4.02. The zero-order chi connectivity index (χ0) is 12.1. The van der Waals surface area contributed by atoms with Crippen molar-refractivity contribution >= 4 is 0 Å². The van der Waals surface area contributed by atoms with Crippen LogP contribution in [0.5, 0.6) is 0 Å². The van der Waals surface area contributed by atoms with Crippen LogP contribution in [0.25, 0.3) is 0 Å². The fourth-order valence-electron chi connectivity index (χ4n) is 1.50. The van der Waals surface area contributed by atoms with Crippen molar-refractivity contribution in [3.05, 3.63) is 0 Å². The fourth-order valence-corrected chi connectivity index (χ4v) is 1.50. The number of rotatable bonds is 5. The van der Waals surface area contributed by atoms with E-state index < -0.39 is 0 Å². The van der Waals surface area contributed by atoms with E-state index >= 15 is 0 Å². The van der Waals surface area contributed by atoms with Crippen molar-refractivity contribution in [1.29, 1.82) is 0 Å². The lowest BCUT2D eigenvalue weighted by atomic mass is 9.91. The van der Waals surface area contributed by atoms with Crippen molar-refractivity contribution in [3.63, 3.8) is 0 Å². The summed E-state index contributed by atoms with van der Waals surface area (Å²) in [6.45, 7) is 13.8. The molecule has 0 rings (SSSR count). The van der Waals surface area contributed by atoms with E-state index in [4.69, 9.17) is 6.42 Å². The predicted octanol–water partition coefficient (Wildman–Crippen LogP) is 1.97. The molecule has 0 saturated heterocycles. The minimum Gasteiger partial charge on any atom is -0.311 e. The number of terminal acetylenes is 1. The third-order valence-corrected chi connectivity index (χ3v) is 2.16. The molecule has 0 aromatic carbocycles. The van der Waals surface area contributed by atoms with Crippen LogP contribution in [0, 0.1) is 17.8 Å². The summed E-state index contributed by atoms with van der Waals surface area (Å²) in [4.78, 5) is 2.18. The van der Waals surface area contributed by atoms with E-state index in [1.807, 2.05) is 0 Å². The molecule has 0 bridgehead atoms. The second kappa shape index (κ2) is 5.53. The Labute approximate surface area is 95.4 Å². The van der Waals surface area contributed by atoms with E-state index in [9.17, 15) is 0 Å². The van der Waals surface area contributed by atoms with Crippen LogP contribution in [0.15, 0.2) is 0 Å². The number of nitrogens with zero attached hydrogens (tertiary/aromatic N) is 1. The highest BCUT2D eigenvalue weighted by Crippen LogP contribution is 2.16. The summed E-state index contributed by atoms with van der Waals surface area (Å²) in [5.74, 6) is 2.67. The second-order valence-corrected chi connectivity index (χ2v) is 6.14. The lowest BCUT2D eigenvalue weighted by Crippen LogP contribution is -2.45. The molecule has 0 aliphatic carbocycles. The van der Waals surface area contributed by atoms with Crippen LogP contribution < -0.4 is 5.32 Å². The molecule has 0 atom stereocenters. The smallest absolute Gasteiger partial charge is 0.0596 e. The van der Waals surface area contributed by atoms with Crippen LogP contribution in [0.3, 0.4) is 0 Å². The van der Waals surface area contributed by atoms with Gasteiger partial charge >= 0.3 is 0 Å². The van der Waals surface area contributed by atoms with Gasteiger partial charge in [-0.05, 0) is 33.2 Å². The second-order valence-electron chi connectivity index (χ2n) is 6.14. The van der Waals surface area contributed by atoms with E-state index in [2.05, 4.69) is 57.8 Å². The summed E-state index contributed by atoms with van der Waals surface area (Å²) in [6.07, 6.45) is 5.28. The Morgan fingerprint density at radius 2 is 1.73 bits per heavy atom. The number of hydrogen-bond donors (Lipinski definition) is 1. The standard InChI is InChI=1S/C13H26N2/c1-8-9-15(7)11-13(5,6)10-14-12(2,3)4/h1,14H,9-11H2,2-7H3. The summed E-state index contributed by atoms with van der Waals surface area (Å²) in [5.41, 5.74) is 0.431. The van der Waals surface area contributed by atoms with Crippen molar-refractivity contribution in [2.45, 2.75) is 40.2 Å². The molecule has 0 heterocycles. The van der Waals surface area contributed by atoms with Crippen molar-refractivity contribution in [1.82, 2.24) is 10.2 Å². The molecule has 2 nitrogen and oxygen atoms in total. The molecular weight excluding hydrogens is 184 g/mol. The highest BCUT2D eigenvalue weighted by Gasteiger charge is 2.22. The van der Waals surface area contributed by atoms with Gasteiger partial charge in [0.25, 0.3) is 0 Å². The molecule has 0 spiro atoms. The SMILES string of the molecule is C#CCN(C)CC(C)(C)CNC(C)(C)C. The van der Waals surface area contributed by atoms with Gasteiger partial charge in [0.15, 0.2) is 0 Å². The Morgan fingerprint density at radius 3 is 2.13 bits per heavy atom. The van der Waals surface area contributed by atoms with Gasteiger partial charge in [-0.1, -0.05) is 19.8 Å². The lowest BCUT2D eigenvalue weighted by Gasteiger charge is -2.33. The normalized spacial score (nSPS) is 12.9. The van der Waals surface area contributed by atoms with Gasteiger partial charge in [-0.3, -0.25) is 4.90 Å². The van der Waals surface area contributed by atoms with Gasteiger partial charge in [0.2, 0.25) is 0 Å². The van der Waals surface area contributed by atoms with Crippen LogP contribution in [0.2, 0.25) is 0 Å². The highest BCUT2D eigenvalue weighted by atomic mass is 15.1. The molecule has 0 amide bonds. The predicted molar refractivity (Wildman–Crippen MR) is 67.9 cm³/mol. The van der Waals surface area contributed by atoms with E-state index in [0.29, 0.717) is 0 Å². The summed E-state index contributed by atoms with van der Waals surface area (Å²) in [7, 11) is 2.07. The first-order valence-electron chi connectivity index (χ1n) is 5.53. The zero-order valence-electron chi connectivity index (χ0n) is 11.1. The minimum atomic E-state index is 0.182. The summed E-state index contributed by atoms with van der Waals surface area (Å²) in [6, 6.07) is 0. The van der Waals surface area contributed by atoms with Gasteiger partial charge in [0.1, 0.15) is 0 Å². The molecule has 0 aliphatic heterocycles. The van der Waals surface area contributed by atoms with Gasteiger partial charge in [-0.15, -0.1) is 6.42 Å². The molecule has 0 radical (unpaired) electrons. The molecule has 1 N–H and O–H groups in total. The molecule has 0 unspecified atom stereocenters. The quantitative estimate of drug-likeness (QED) is 0.698. The first-order chi connectivity index (χ1) is 6.66. The van der Waals surface area contributed by atoms with Crippen molar-refractivity contribution < 1.29 is 0 Å². The molecule has 0 fully saturated rings.